The van der Waals surface area contributed by atoms with Crippen LogP contribution in [0.5, 0.6) is 0 Å². The average Bonchev–Trinajstić information content (AvgIpc) is 3.49. The van der Waals surface area contributed by atoms with E-state index in [1.807, 2.05) is 25.1 Å². The number of nitrogens with two attached hydrogens (primary N) is 1. The molecule has 7 heteroatoms. The van der Waals surface area contributed by atoms with Gasteiger partial charge in [-0.25, -0.2) is 0 Å². The maximum atomic E-state index is 11.2. The van der Waals surface area contributed by atoms with Gasteiger partial charge in [0.2, 0.25) is 0 Å². The molecule has 1 aromatic heterocycles. The molecule has 3 aliphatic carbocycles. The summed E-state index contributed by atoms with van der Waals surface area (Å²) in [5.41, 5.74) is 10.8. The second-order valence-electron chi connectivity index (χ2n) is 12.1. The summed E-state index contributed by atoms with van der Waals surface area (Å²) in [7, 11) is 3.94. The first-order valence-corrected chi connectivity index (χ1v) is 13.1. The van der Waals surface area contributed by atoms with Gasteiger partial charge in [0.1, 0.15) is 11.6 Å². The maximum absolute atomic E-state index is 11.2. The van der Waals surface area contributed by atoms with Crippen LogP contribution in [0, 0.1) is 17.3 Å². The van der Waals surface area contributed by atoms with Gasteiger partial charge in [-0.1, -0.05) is 38.1 Å². The highest BCUT2D eigenvalue weighted by atomic mass is 16.5. The highest BCUT2D eigenvalue weighted by Crippen LogP contribution is 2.69. The van der Waals surface area contributed by atoms with Gasteiger partial charge < -0.3 is 30.0 Å². The van der Waals surface area contributed by atoms with Crippen molar-refractivity contribution in [2.75, 3.05) is 19.8 Å². The summed E-state index contributed by atoms with van der Waals surface area (Å²) in [5.74, 6) is 0.552. The van der Waals surface area contributed by atoms with Crippen molar-refractivity contribution in [1.82, 2.24) is 9.88 Å². The van der Waals surface area contributed by atoms with Crippen molar-refractivity contribution in [3.63, 3.8) is 0 Å². The summed E-state index contributed by atoms with van der Waals surface area (Å²) in [5, 5.41) is 22.1. The first-order chi connectivity index (χ1) is 17.1. The van der Waals surface area contributed by atoms with Crippen molar-refractivity contribution in [3.05, 3.63) is 53.1 Å². The van der Waals surface area contributed by atoms with Gasteiger partial charge in [0.25, 0.3) is 6.01 Å². The van der Waals surface area contributed by atoms with Crippen molar-refractivity contribution < 1.29 is 19.4 Å². The molecule has 7 rings (SSSR count). The summed E-state index contributed by atoms with van der Waals surface area (Å²) < 4.78 is 12.8. The number of allylic oxidation sites excluding steroid dienone is 3. The molecular weight excluding hydrogens is 454 g/mol. The van der Waals surface area contributed by atoms with Gasteiger partial charge in [0.05, 0.1) is 17.3 Å². The third-order valence-corrected chi connectivity index (χ3v) is 10.4. The van der Waals surface area contributed by atoms with Crippen LogP contribution in [0.15, 0.2) is 52.0 Å². The van der Waals surface area contributed by atoms with Crippen LogP contribution in [-0.2, 0) is 4.74 Å². The van der Waals surface area contributed by atoms with Gasteiger partial charge in [-0.2, -0.15) is 4.98 Å². The van der Waals surface area contributed by atoms with Gasteiger partial charge in [-0.3, -0.25) is 0 Å². The van der Waals surface area contributed by atoms with E-state index in [0.717, 1.165) is 35.9 Å². The number of anilines is 1. The number of nitrogen functional groups attached to an aromatic ring is 1. The number of oxazole rings is 1. The van der Waals surface area contributed by atoms with Crippen LogP contribution in [0.1, 0.15) is 45.1 Å². The minimum Gasteiger partial charge on any atom is -0.424 e. The third-order valence-electron chi connectivity index (χ3n) is 10.4. The summed E-state index contributed by atoms with van der Waals surface area (Å²) in [4.78, 5) is 6.39. The van der Waals surface area contributed by atoms with E-state index in [-0.39, 0.29) is 34.9 Å². The fourth-order valence-corrected chi connectivity index (χ4v) is 8.37. The number of rotatable bonds is 2. The Kier molecular flexibility index (Phi) is 4.48. The molecule has 8 unspecified atom stereocenters. The molecule has 3 heterocycles. The maximum Gasteiger partial charge on any atom is 0.292 e. The van der Waals surface area contributed by atoms with Gasteiger partial charge in [0, 0.05) is 17.4 Å². The fraction of sp³-hybridized carbons (Fsp3) is 0.552. The summed E-state index contributed by atoms with van der Waals surface area (Å²) in [6.07, 6.45) is 8.64. The molecule has 1 aromatic carbocycles. The van der Waals surface area contributed by atoms with Crippen molar-refractivity contribution in [2.24, 2.45) is 17.3 Å². The van der Waals surface area contributed by atoms with Gasteiger partial charge >= 0.3 is 0 Å². The van der Waals surface area contributed by atoms with Crippen LogP contribution >= 0.6 is 0 Å². The molecule has 36 heavy (non-hydrogen) atoms. The fourth-order valence-electron chi connectivity index (χ4n) is 8.37. The topological polar surface area (TPSA) is 105 Å². The van der Waals surface area contributed by atoms with E-state index in [1.165, 1.54) is 11.1 Å². The molecule has 0 amide bonds. The van der Waals surface area contributed by atoms with Crippen LogP contribution in [-0.4, -0.2) is 63.6 Å². The average molecular weight is 490 g/mol. The van der Waals surface area contributed by atoms with Crippen LogP contribution in [0.25, 0.3) is 16.7 Å². The Hall–Kier alpha value is -2.45. The highest BCUT2D eigenvalue weighted by Gasteiger charge is 2.68. The summed E-state index contributed by atoms with van der Waals surface area (Å²) in [6, 6.07) is 6.21. The largest absolute Gasteiger partial charge is 0.424 e. The van der Waals surface area contributed by atoms with E-state index in [0.29, 0.717) is 12.0 Å². The smallest absolute Gasteiger partial charge is 0.292 e. The molecule has 2 bridgehead atoms. The number of aromatic nitrogens is 1. The lowest BCUT2D eigenvalue weighted by molar-refractivity contribution is -0.165. The number of nitrogens with zero attached hydrogens (tertiary/aromatic N) is 2. The molecule has 2 spiro atoms. The molecule has 2 fully saturated rings. The predicted octanol–water partition coefficient (Wildman–Crippen LogP) is 3.68. The number of fused-ring (bicyclic) bond motifs is 2. The first-order valence-electron chi connectivity index (χ1n) is 13.1. The Labute approximate surface area is 211 Å². The number of benzene rings is 1. The lowest BCUT2D eigenvalue weighted by atomic mass is 9.54. The standard InChI is InChI=1S/C29H35N3O4/c1-15-11-17-13-19-24(33)25(34)21(32(3)4)14-28(19)9-10-29(17,36-28)23-8-6-18(27(15,23)2)16-5-7-22-20(12-16)31-26(30)35-22/h5-7,11-13,15,21,23-25,33-34H,8-10,14H2,1-4H3,(H2,30,31). The molecule has 2 aromatic rings. The zero-order chi connectivity index (χ0) is 25.2. The monoisotopic (exact) mass is 489 g/mol. The number of aliphatic hydroxyl groups excluding tert-OH is 2. The lowest BCUT2D eigenvalue weighted by Crippen LogP contribution is -2.62. The van der Waals surface area contributed by atoms with Crippen molar-refractivity contribution in [2.45, 2.75) is 69.0 Å². The second-order valence-corrected chi connectivity index (χ2v) is 12.1. The Bertz CT molecular complexity index is 1370. The van der Waals surface area contributed by atoms with Gasteiger partial charge in [-0.15, -0.1) is 0 Å². The number of ether oxygens (including phenoxy) is 1. The van der Waals surface area contributed by atoms with E-state index < -0.39 is 17.8 Å². The number of hydrogen-bond acceptors (Lipinski definition) is 7. The summed E-state index contributed by atoms with van der Waals surface area (Å²) in [6.45, 7) is 4.68. The molecule has 7 nitrogen and oxygen atoms in total. The molecular formula is C29H35N3O4. The first kappa shape index (κ1) is 22.7. The molecule has 5 aliphatic rings. The predicted molar refractivity (Wildman–Crippen MR) is 138 cm³/mol. The van der Waals surface area contributed by atoms with E-state index >= 15 is 0 Å². The molecule has 1 saturated heterocycles. The minimum atomic E-state index is -0.911. The van der Waals surface area contributed by atoms with Crippen LogP contribution < -0.4 is 5.73 Å². The van der Waals surface area contributed by atoms with Crippen molar-refractivity contribution in [1.29, 1.82) is 0 Å². The molecule has 4 N–H and O–H groups in total. The molecule has 2 aliphatic heterocycles. The Morgan fingerprint density at radius 3 is 2.78 bits per heavy atom. The Balaban J connectivity index is 1.33. The normalized spacial score (nSPS) is 43.1. The number of likely N-dealkylation sites (N-methyl/N-ethyl adjacent to an activating group) is 1. The molecule has 1 saturated carbocycles. The SMILES string of the molecule is CC1C=C2C=C3C(O)C(O)C(N(C)C)CC34CCC2(O4)C2CC=C(c3ccc4oc(N)nc4c3)C12C. The third kappa shape index (κ3) is 2.64. The Morgan fingerprint density at radius 1 is 1.19 bits per heavy atom. The minimum absolute atomic E-state index is 0.114. The lowest BCUT2D eigenvalue weighted by Gasteiger charge is -2.57. The Morgan fingerprint density at radius 2 is 2.00 bits per heavy atom. The van der Waals surface area contributed by atoms with Crippen LogP contribution in [0.2, 0.25) is 0 Å². The number of aliphatic hydroxyl groups is 2. The van der Waals surface area contributed by atoms with Crippen molar-refractivity contribution in [3.8, 4) is 0 Å². The van der Waals surface area contributed by atoms with E-state index in [4.69, 9.17) is 14.9 Å². The van der Waals surface area contributed by atoms with E-state index in [1.54, 1.807) is 0 Å². The van der Waals surface area contributed by atoms with Gasteiger partial charge in [-0.05, 0) is 80.1 Å². The summed E-state index contributed by atoms with van der Waals surface area (Å²) >= 11 is 0. The zero-order valence-electron chi connectivity index (χ0n) is 21.4. The van der Waals surface area contributed by atoms with E-state index in [2.05, 4.69) is 49.2 Å². The van der Waals surface area contributed by atoms with Gasteiger partial charge in [0.15, 0.2) is 5.58 Å². The molecule has 0 radical (unpaired) electrons. The molecule has 190 valence electrons. The van der Waals surface area contributed by atoms with Crippen molar-refractivity contribution >= 4 is 22.7 Å². The van der Waals surface area contributed by atoms with Crippen LogP contribution in [0.4, 0.5) is 6.01 Å². The zero-order valence-corrected chi connectivity index (χ0v) is 21.4. The number of hydrogen-bond donors (Lipinski definition) is 3. The molecule has 8 atom stereocenters. The highest BCUT2D eigenvalue weighted by molar-refractivity contribution is 5.83. The van der Waals surface area contributed by atoms with E-state index in [9.17, 15) is 10.2 Å². The second kappa shape index (κ2) is 7.10. The quantitative estimate of drug-likeness (QED) is 0.591. The van der Waals surface area contributed by atoms with Crippen LogP contribution in [0.3, 0.4) is 0 Å².